The number of hydrogen-bond acceptors (Lipinski definition) is 1. The summed E-state index contributed by atoms with van der Waals surface area (Å²) in [4.78, 5) is 0. The van der Waals surface area contributed by atoms with Crippen LogP contribution in [0.2, 0.25) is 0 Å². The third-order valence-electron chi connectivity index (χ3n) is 1.31. The lowest BCUT2D eigenvalue weighted by Crippen LogP contribution is -1.62. The minimum atomic E-state index is 0. The highest BCUT2D eigenvalue weighted by molar-refractivity contribution is 4.99. The molecule has 0 saturated heterocycles. The van der Waals surface area contributed by atoms with Gasteiger partial charge in [-0.25, -0.2) is 0 Å². The molecule has 1 nitrogen and oxygen atoms in total. The van der Waals surface area contributed by atoms with Crippen molar-refractivity contribution in [2.24, 2.45) is 0 Å². The van der Waals surface area contributed by atoms with E-state index in [1.54, 1.807) is 0 Å². The molecular weight excluding hydrogens is 241 g/mol. The standard InChI is InChI=1S/C6H6.C5H9N.5FH/c1-2-4-6-5-3-1;1-2-3-4-5-6;;;;;/h1-6H;2-4H2,1H3;5*1H. The molecule has 6 heteroatoms. The minimum absolute atomic E-state index is 0. The molecule has 17 heavy (non-hydrogen) atoms. The molecule has 0 amide bonds. The molecule has 0 aromatic heterocycles. The van der Waals surface area contributed by atoms with Crippen molar-refractivity contribution in [2.75, 3.05) is 0 Å². The lowest BCUT2D eigenvalue weighted by molar-refractivity contribution is 0.822. The van der Waals surface area contributed by atoms with Gasteiger partial charge in [0, 0.05) is 6.42 Å². The molecule has 0 unspecified atom stereocenters. The van der Waals surface area contributed by atoms with Crippen molar-refractivity contribution >= 4 is 0 Å². The summed E-state index contributed by atoms with van der Waals surface area (Å²) in [5, 5.41) is 7.95. The van der Waals surface area contributed by atoms with Crippen LogP contribution in [0.3, 0.4) is 0 Å². The maximum Gasteiger partial charge on any atom is 0.0621 e. The molecule has 1 rings (SSSR count). The Morgan fingerprint density at radius 2 is 1.06 bits per heavy atom. The van der Waals surface area contributed by atoms with Crippen LogP contribution in [0.5, 0.6) is 0 Å². The summed E-state index contributed by atoms with van der Waals surface area (Å²) in [5.74, 6) is 0. The highest BCUT2D eigenvalue weighted by Crippen LogP contribution is 1.88. The topological polar surface area (TPSA) is 23.8 Å². The Balaban J connectivity index is -0.0000000275. The maximum absolute atomic E-state index is 7.95. The van der Waals surface area contributed by atoms with Gasteiger partial charge in [-0.05, 0) is 6.42 Å². The first kappa shape index (κ1) is 36.2. The Morgan fingerprint density at radius 3 is 1.18 bits per heavy atom. The van der Waals surface area contributed by atoms with Gasteiger partial charge in [0.25, 0.3) is 0 Å². The van der Waals surface area contributed by atoms with E-state index in [0.717, 1.165) is 19.3 Å². The van der Waals surface area contributed by atoms with Crippen molar-refractivity contribution in [1.82, 2.24) is 0 Å². The number of halogens is 5. The Kier molecular flexibility index (Phi) is 78.0. The molecule has 1 aromatic rings. The first-order chi connectivity index (χ1) is 5.91. The highest BCUT2D eigenvalue weighted by atomic mass is 19.0. The predicted octanol–water partition coefficient (Wildman–Crippen LogP) is 4.15. The van der Waals surface area contributed by atoms with Crippen molar-refractivity contribution in [3.8, 4) is 6.07 Å². The van der Waals surface area contributed by atoms with Crippen LogP contribution < -0.4 is 0 Å². The number of nitrogens with zero attached hydrogens (tertiary/aromatic N) is 1. The molecule has 0 fully saturated rings. The average Bonchev–Trinajstić information content (AvgIpc) is 2.18. The van der Waals surface area contributed by atoms with Crippen LogP contribution in [0.4, 0.5) is 23.5 Å². The molecule has 0 bridgehead atoms. The van der Waals surface area contributed by atoms with E-state index in [0.29, 0.717) is 0 Å². The Morgan fingerprint density at radius 1 is 0.765 bits per heavy atom. The van der Waals surface area contributed by atoms with Crippen molar-refractivity contribution in [1.29, 1.82) is 5.26 Å². The summed E-state index contributed by atoms with van der Waals surface area (Å²) in [6, 6.07) is 14.1. The van der Waals surface area contributed by atoms with Gasteiger partial charge in [-0.15, -0.1) is 0 Å². The van der Waals surface area contributed by atoms with E-state index >= 15 is 0 Å². The number of unbranched alkanes of at least 4 members (excludes halogenated alkanes) is 2. The number of nitriles is 1. The zero-order valence-electron chi connectivity index (χ0n) is 9.57. The molecule has 0 N–H and O–H groups in total. The third-order valence-corrected chi connectivity index (χ3v) is 1.31. The molecule has 0 radical (unpaired) electrons. The first-order valence-corrected chi connectivity index (χ1v) is 4.28. The van der Waals surface area contributed by atoms with Gasteiger partial charge in [0.05, 0.1) is 6.07 Å². The third kappa shape index (κ3) is 40.5. The van der Waals surface area contributed by atoms with E-state index in [9.17, 15) is 0 Å². The van der Waals surface area contributed by atoms with Crippen LogP contribution >= 0.6 is 0 Å². The largest absolute Gasteiger partial charge is 0.269 e. The number of rotatable bonds is 2. The molecule has 0 atom stereocenters. The summed E-state index contributed by atoms with van der Waals surface area (Å²) in [6.07, 6.45) is 2.90. The van der Waals surface area contributed by atoms with Gasteiger partial charge in [-0.1, -0.05) is 49.7 Å². The second-order valence-electron chi connectivity index (χ2n) is 2.42. The zero-order valence-corrected chi connectivity index (χ0v) is 9.57. The molecule has 0 aliphatic rings. The van der Waals surface area contributed by atoms with Gasteiger partial charge >= 0.3 is 0 Å². The smallest absolute Gasteiger partial charge is 0.0621 e. The monoisotopic (exact) mass is 261 g/mol. The first-order valence-electron chi connectivity index (χ1n) is 4.28. The number of hydrogen-bond donors (Lipinski definition) is 0. The molecule has 1 aromatic carbocycles. The second-order valence-corrected chi connectivity index (χ2v) is 2.42. The lowest BCUT2D eigenvalue weighted by Gasteiger charge is -1.77. The molecule has 0 heterocycles. The van der Waals surface area contributed by atoms with E-state index in [1.807, 2.05) is 36.4 Å². The summed E-state index contributed by atoms with van der Waals surface area (Å²) in [6.45, 7) is 2.08. The Bertz CT molecular complexity index is 186. The van der Waals surface area contributed by atoms with Crippen LogP contribution in [0.15, 0.2) is 36.4 Å². The van der Waals surface area contributed by atoms with Crippen LogP contribution in [0.1, 0.15) is 26.2 Å². The van der Waals surface area contributed by atoms with Crippen LogP contribution in [-0.2, 0) is 0 Å². The summed E-state index contributed by atoms with van der Waals surface area (Å²) in [5.41, 5.74) is 0. The Hall–Kier alpha value is -1.64. The van der Waals surface area contributed by atoms with Gasteiger partial charge in [0.1, 0.15) is 0 Å². The van der Waals surface area contributed by atoms with E-state index < -0.39 is 0 Å². The van der Waals surface area contributed by atoms with E-state index in [-0.39, 0.29) is 23.5 Å². The molecule has 0 aliphatic heterocycles. The highest BCUT2D eigenvalue weighted by Gasteiger charge is 1.74. The summed E-state index contributed by atoms with van der Waals surface area (Å²) < 4.78 is 0. The Labute approximate surface area is 98.3 Å². The van der Waals surface area contributed by atoms with Crippen LogP contribution in [-0.4, -0.2) is 0 Å². The minimum Gasteiger partial charge on any atom is -0.269 e. The van der Waals surface area contributed by atoms with Gasteiger partial charge in [-0.2, -0.15) is 5.26 Å². The molecule has 0 saturated carbocycles. The van der Waals surface area contributed by atoms with E-state index in [1.165, 1.54) is 0 Å². The lowest BCUT2D eigenvalue weighted by atomic mass is 10.3. The molecule has 104 valence electrons. The van der Waals surface area contributed by atoms with Crippen LogP contribution in [0.25, 0.3) is 0 Å². The fourth-order valence-electron chi connectivity index (χ4n) is 0.641. The fourth-order valence-corrected chi connectivity index (χ4v) is 0.641. The van der Waals surface area contributed by atoms with Crippen molar-refractivity contribution in [2.45, 2.75) is 26.2 Å². The molecule has 0 aliphatic carbocycles. The van der Waals surface area contributed by atoms with Gasteiger partial charge in [-0.3, -0.25) is 23.5 Å². The normalized spacial score (nSPS) is 5.41. The fraction of sp³-hybridized carbons (Fsp3) is 0.364. The van der Waals surface area contributed by atoms with Crippen molar-refractivity contribution < 1.29 is 23.5 Å². The quantitative estimate of drug-likeness (QED) is 0.579. The summed E-state index contributed by atoms with van der Waals surface area (Å²) >= 11 is 0. The van der Waals surface area contributed by atoms with E-state index in [2.05, 4.69) is 13.0 Å². The predicted molar refractivity (Wildman–Crippen MR) is 64.1 cm³/mol. The van der Waals surface area contributed by atoms with Gasteiger partial charge < -0.3 is 0 Å². The van der Waals surface area contributed by atoms with Gasteiger partial charge in [0.15, 0.2) is 0 Å². The zero-order chi connectivity index (χ0) is 9.07. The van der Waals surface area contributed by atoms with Crippen molar-refractivity contribution in [3.63, 3.8) is 0 Å². The summed E-state index contributed by atoms with van der Waals surface area (Å²) in [7, 11) is 0. The molecule has 0 spiro atoms. The van der Waals surface area contributed by atoms with E-state index in [4.69, 9.17) is 5.26 Å². The average molecular weight is 261 g/mol. The number of benzene rings is 1. The maximum atomic E-state index is 7.95. The SMILES string of the molecule is CCCCC#N.F.F.F.F.F.c1ccccc1. The van der Waals surface area contributed by atoms with Crippen molar-refractivity contribution in [3.05, 3.63) is 36.4 Å². The molecular formula is C11H20F5N. The van der Waals surface area contributed by atoms with Gasteiger partial charge in [0.2, 0.25) is 0 Å². The van der Waals surface area contributed by atoms with Crippen LogP contribution in [0, 0.1) is 11.3 Å². The second kappa shape index (κ2) is 36.7.